The zero-order valence-corrected chi connectivity index (χ0v) is 10.3. The summed E-state index contributed by atoms with van der Waals surface area (Å²) in [5.41, 5.74) is 7.75. The summed E-state index contributed by atoms with van der Waals surface area (Å²) in [5.74, 6) is 0.658. The van der Waals surface area contributed by atoms with Gasteiger partial charge in [0.15, 0.2) is 0 Å². The topological polar surface area (TPSA) is 63.8 Å². The van der Waals surface area contributed by atoms with Crippen LogP contribution in [-0.4, -0.2) is 16.5 Å². The summed E-state index contributed by atoms with van der Waals surface area (Å²) in [5, 5.41) is 3.21. The molecule has 0 atom stereocenters. The largest absolute Gasteiger partial charge is 0.354 e. The molecule has 0 saturated heterocycles. The van der Waals surface area contributed by atoms with E-state index in [1.54, 1.807) is 6.20 Å². The summed E-state index contributed by atoms with van der Waals surface area (Å²) >= 11 is 0. The van der Waals surface area contributed by atoms with Crippen molar-refractivity contribution in [1.82, 2.24) is 9.97 Å². The van der Waals surface area contributed by atoms with Crippen LogP contribution in [0.2, 0.25) is 0 Å². The molecule has 18 heavy (non-hydrogen) atoms. The highest BCUT2D eigenvalue weighted by Crippen LogP contribution is 2.04. The van der Waals surface area contributed by atoms with Gasteiger partial charge in [-0.3, -0.25) is 0 Å². The zero-order chi connectivity index (χ0) is 12.6. The molecule has 1 heterocycles. The fraction of sp³-hybridized carbons (Fsp3) is 0.286. The van der Waals surface area contributed by atoms with E-state index in [4.69, 9.17) is 5.73 Å². The van der Waals surface area contributed by atoms with Crippen molar-refractivity contribution in [3.05, 3.63) is 53.9 Å². The lowest BCUT2D eigenvalue weighted by Gasteiger charge is -2.05. The van der Waals surface area contributed by atoms with E-state index in [0.717, 1.165) is 25.1 Å². The van der Waals surface area contributed by atoms with Gasteiger partial charge in [-0.1, -0.05) is 30.3 Å². The highest BCUT2D eigenvalue weighted by Gasteiger charge is 1.97. The van der Waals surface area contributed by atoms with Gasteiger partial charge < -0.3 is 11.1 Å². The molecule has 2 rings (SSSR count). The third-order valence-electron chi connectivity index (χ3n) is 2.69. The highest BCUT2D eigenvalue weighted by atomic mass is 15.1. The maximum Gasteiger partial charge on any atom is 0.222 e. The molecule has 0 aliphatic rings. The van der Waals surface area contributed by atoms with Crippen LogP contribution in [0.5, 0.6) is 0 Å². The maximum atomic E-state index is 5.53. The fourth-order valence-electron chi connectivity index (χ4n) is 1.73. The van der Waals surface area contributed by atoms with E-state index in [1.165, 1.54) is 5.56 Å². The van der Waals surface area contributed by atoms with E-state index in [9.17, 15) is 0 Å². The monoisotopic (exact) mass is 242 g/mol. The second-order valence-electron chi connectivity index (χ2n) is 4.09. The Balaban J connectivity index is 1.75. The van der Waals surface area contributed by atoms with Crippen molar-refractivity contribution < 1.29 is 0 Å². The van der Waals surface area contributed by atoms with E-state index in [-0.39, 0.29) is 0 Å². The lowest BCUT2D eigenvalue weighted by atomic mass is 10.1. The van der Waals surface area contributed by atoms with E-state index in [0.29, 0.717) is 12.5 Å². The lowest BCUT2D eigenvalue weighted by molar-refractivity contribution is 0.847. The van der Waals surface area contributed by atoms with E-state index >= 15 is 0 Å². The number of aryl methyl sites for hydroxylation is 1. The van der Waals surface area contributed by atoms with Crippen LogP contribution in [0.1, 0.15) is 17.7 Å². The molecule has 94 valence electrons. The minimum absolute atomic E-state index is 0.446. The van der Waals surface area contributed by atoms with Gasteiger partial charge in [0.2, 0.25) is 5.95 Å². The smallest absolute Gasteiger partial charge is 0.222 e. The van der Waals surface area contributed by atoms with Gasteiger partial charge in [0, 0.05) is 19.3 Å². The maximum absolute atomic E-state index is 5.53. The van der Waals surface area contributed by atoms with Gasteiger partial charge in [0.25, 0.3) is 0 Å². The molecule has 0 fully saturated rings. The van der Waals surface area contributed by atoms with Gasteiger partial charge >= 0.3 is 0 Å². The van der Waals surface area contributed by atoms with Crippen LogP contribution in [0.15, 0.2) is 42.6 Å². The summed E-state index contributed by atoms with van der Waals surface area (Å²) in [4.78, 5) is 8.44. The first-order valence-corrected chi connectivity index (χ1v) is 6.18. The number of benzene rings is 1. The summed E-state index contributed by atoms with van der Waals surface area (Å²) in [6.07, 6.45) is 3.85. The number of aromatic nitrogens is 2. The van der Waals surface area contributed by atoms with Crippen molar-refractivity contribution in [3.63, 3.8) is 0 Å². The van der Waals surface area contributed by atoms with E-state index in [2.05, 4.69) is 39.6 Å². The molecule has 0 aliphatic heterocycles. The Bertz CT molecular complexity index is 470. The van der Waals surface area contributed by atoms with Crippen molar-refractivity contribution in [2.45, 2.75) is 19.4 Å². The van der Waals surface area contributed by atoms with Gasteiger partial charge in [0.05, 0.1) is 5.69 Å². The molecule has 0 spiro atoms. The predicted molar refractivity (Wildman–Crippen MR) is 73.2 cm³/mol. The van der Waals surface area contributed by atoms with Crippen LogP contribution in [0.25, 0.3) is 0 Å². The Morgan fingerprint density at radius 1 is 1.11 bits per heavy atom. The second-order valence-corrected chi connectivity index (χ2v) is 4.09. The van der Waals surface area contributed by atoms with E-state index < -0.39 is 0 Å². The fourth-order valence-corrected chi connectivity index (χ4v) is 1.73. The molecular weight excluding hydrogens is 224 g/mol. The summed E-state index contributed by atoms with van der Waals surface area (Å²) < 4.78 is 0. The van der Waals surface area contributed by atoms with Gasteiger partial charge in [0.1, 0.15) is 0 Å². The Kier molecular flexibility index (Phi) is 4.67. The number of rotatable bonds is 6. The molecular formula is C14H18N4. The molecule has 0 unspecified atom stereocenters. The van der Waals surface area contributed by atoms with Crippen LogP contribution in [0, 0.1) is 0 Å². The SMILES string of the molecule is NCc1ccnc(NCCCc2ccccc2)n1. The van der Waals surface area contributed by atoms with Gasteiger partial charge in [-0.05, 0) is 24.5 Å². The van der Waals surface area contributed by atoms with Crippen molar-refractivity contribution in [2.24, 2.45) is 5.73 Å². The minimum atomic E-state index is 0.446. The van der Waals surface area contributed by atoms with Gasteiger partial charge in [-0.25, -0.2) is 9.97 Å². The number of hydrogen-bond acceptors (Lipinski definition) is 4. The lowest BCUT2D eigenvalue weighted by Crippen LogP contribution is -2.08. The molecule has 0 radical (unpaired) electrons. The zero-order valence-electron chi connectivity index (χ0n) is 10.3. The number of anilines is 1. The molecule has 1 aromatic carbocycles. The molecule has 0 bridgehead atoms. The number of nitrogens with one attached hydrogen (secondary N) is 1. The highest BCUT2D eigenvalue weighted by molar-refractivity contribution is 5.25. The molecule has 0 aliphatic carbocycles. The summed E-state index contributed by atoms with van der Waals surface area (Å²) in [6, 6.07) is 12.3. The quantitative estimate of drug-likeness (QED) is 0.760. The van der Waals surface area contributed by atoms with Crippen molar-refractivity contribution in [1.29, 1.82) is 0 Å². The van der Waals surface area contributed by atoms with Crippen LogP contribution in [0.4, 0.5) is 5.95 Å². The third kappa shape index (κ3) is 3.82. The van der Waals surface area contributed by atoms with Crippen molar-refractivity contribution in [2.75, 3.05) is 11.9 Å². The predicted octanol–water partition coefficient (Wildman–Crippen LogP) is 1.98. The van der Waals surface area contributed by atoms with Crippen molar-refractivity contribution in [3.8, 4) is 0 Å². The van der Waals surface area contributed by atoms with Crippen LogP contribution >= 0.6 is 0 Å². The Hall–Kier alpha value is -1.94. The Morgan fingerprint density at radius 2 is 1.94 bits per heavy atom. The molecule has 4 nitrogen and oxygen atoms in total. The van der Waals surface area contributed by atoms with Gasteiger partial charge in [-0.2, -0.15) is 0 Å². The Morgan fingerprint density at radius 3 is 2.72 bits per heavy atom. The first kappa shape index (κ1) is 12.5. The third-order valence-corrected chi connectivity index (χ3v) is 2.69. The van der Waals surface area contributed by atoms with Gasteiger partial charge in [-0.15, -0.1) is 0 Å². The number of hydrogen-bond donors (Lipinski definition) is 2. The first-order valence-electron chi connectivity index (χ1n) is 6.18. The van der Waals surface area contributed by atoms with Crippen LogP contribution in [-0.2, 0) is 13.0 Å². The summed E-state index contributed by atoms with van der Waals surface area (Å²) in [6.45, 7) is 1.31. The normalized spacial score (nSPS) is 10.3. The molecule has 1 aromatic heterocycles. The first-order chi connectivity index (χ1) is 8.88. The average molecular weight is 242 g/mol. The standard InChI is InChI=1S/C14H18N4/c15-11-13-8-10-17-14(18-13)16-9-4-7-12-5-2-1-3-6-12/h1-3,5-6,8,10H,4,7,9,11,15H2,(H,16,17,18). The van der Waals surface area contributed by atoms with Crippen molar-refractivity contribution >= 4 is 5.95 Å². The average Bonchev–Trinajstić information content (AvgIpc) is 2.45. The second kappa shape index (κ2) is 6.71. The number of nitrogens with zero attached hydrogens (tertiary/aromatic N) is 2. The summed E-state index contributed by atoms with van der Waals surface area (Å²) in [7, 11) is 0. The molecule has 3 N–H and O–H groups in total. The molecule has 2 aromatic rings. The van der Waals surface area contributed by atoms with Crippen LogP contribution < -0.4 is 11.1 Å². The van der Waals surface area contributed by atoms with E-state index in [1.807, 2.05) is 12.1 Å². The van der Waals surface area contributed by atoms with Crippen LogP contribution in [0.3, 0.4) is 0 Å². The number of nitrogens with two attached hydrogens (primary N) is 1. The molecule has 4 heteroatoms. The molecule has 0 saturated carbocycles. The molecule has 0 amide bonds. The minimum Gasteiger partial charge on any atom is -0.354 e. The Labute approximate surface area is 107 Å².